The van der Waals surface area contributed by atoms with Gasteiger partial charge < -0.3 is 9.64 Å². The number of piperazine rings is 1. The average molecular weight is 399 g/mol. The second-order valence-electron chi connectivity index (χ2n) is 7.65. The lowest BCUT2D eigenvalue weighted by Gasteiger charge is -2.36. The Bertz CT molecular complexity index is 1110. The Labute approximate surface area is 177 Å². The summed E-state index contributed by atoms with van der Waals surface area (Å²) in [4.78, 5) is 9.94. The molecule has 1 fully saturated rings. The molecule has 0 atom stereocenters. The zero-order valence-electron chi connectivity index (χ0n) is 17.2. The molecule has 0 N–H and O–H groups in total. The summed E-state index contributed by atoms with van der Waals surface area (Å²) < 4.78 is 7.61. The van der Waals surface area contributed by atoms with Crippen LogP contribution in [0.1, 0.15) is 5.82 Å². The number of para-hydroxylation sites is 3. The summed E-state index contributed by atoms with van der Waals surface area (Å²) >= 11 is 0. The fourth-order valence-electron chi connectivity index (χ4n) is 4.20. The molecule has 1 saturated heterocycles. The van der Waals surface area contributed by atoms with Crippen molar-refractivity contribution in [3.63, 3.8) is 0 Å². The van der Waals surface area contributed by atoms with Gasteiger partial charge in [0, 0.05) is 37.6 Å². The first-order valence-electron chi connectivity index (χ1n) is 10.4. The van der Waals surface area contributed by atoms with Crippen LogP contribution in [0.4, 0.5) is 5.69 Å². The second kappa shape index (κ2) is 8.20. The summed E-state index contributed by atoms with van der Waals surface area (Å²) in [6, 6.07) is 27.3. The first-order chi connectivity index (χ1) is 14.8. The van der Waals surface area contributed by atoms with E-state index in [0.29, 0.717) is 0 Å². The van der Waals surface area contributed by atoms with E-state index >= 15 is 0 Å². The molecule has 1 aliphatic heterocycles. The van der Waals surface area contributed by atoms with Gasteiger partial charge in [-0.15, -0.1) is 0 Å². The van der Waals surface area contributed by atoms with Gasteiger partial charge in [-0.2, -0.15) is 0 Å². The van der Waals surface area contributed by atoms with E-state index < -0.39 is 0 Å². The number of nitrogens with zero attached hydrogens (tertiary/aromatic N) is 4. The smallest absolute Gasteiger partial charge is 0.128 e. The Morgan fingerprint density at radius 2 is 1.47 bits per heavy atom. The number of imidazole rings is 1. The first-order valence-corrected chi connectivity index (χ1v) is 10.4. The molecule has 2 heterocycles. The molecule has 0 radical (unpaired) electrons. The van der Waals surface area contributed by atoms with Crippen LogP contribution in [0.3, 0.4) is 0 Å². The highest BCUT2D eigenvalue weighted by Crippen LogP contribution is 2.25. The number of anilines is 1. The van der Waals surface area contributed by atoms with Gasteiger partial charge in [-0.3, -0.25) is 9.47 Å². The van der Waals surface area contributed by atoms with Crippen molar-refractivity contribution in [1.82, 2.24) is 14.5 Å². The van der Waals surface area contributed by atoms with E-state index in [4.69, 9.17) is 9.72 Å². The van der Waals surface area contributed by atoms with E-state index in [1.165, 1.54) is 5.69 Å². The predicted octanol–water partition coefficient (Wildman–Crippen LogP) is 4.36. The van der Waals surface area contributed by atoms with Gasteiger partial charge in [0.05, 0.1) is 24.7 Å². The van der Waals surface area contributed by atoms with Gasteiger partial charge in [-0.25, -0.2) is 4.98 Å². The predicted molar refractivity (Wildman–Crippen MR) is 122 cm³/mol. The van der Waals surface area contributed by atoms with Crippen molar-refractivity contribution in [3.8, 4) is 11.4 Å². The minimum Gasteiger partial charge on any atom is -0.497 e. The maximum absolute atomic E-state index is 5.33. The second-order valence-corrected chi connectivity index (χ2v) is 7.65. The molecule has 0 saturated carbocycles. The lowest BCUT2D eigenvalue weighted by Crippen LogP contribution is -2.46. The van der Waals surface area contributed by atoms with Crippen molar-refractivity contribution in [2.75, 3.05) is 38.2 Å². The summed E-state index contributed by atoms with van der Waals surface area (Å²) in [7, 11) is 1.70. The summed E-state index contributed by atoms with van der Waals surface area (Å²) in [6.07, 6.45) is 0. The van der Waals surface area contributed by atoms with Crippen molar-refractivity contribution < 1.29 is 4.74 Å². The maximum atomic E-state index is 5.33. The van der Waals surface area contributed by atoms with Gasteiger partial charge in [-0.05, 0) is 48.5 Å². The van der Waals surface area contributed by atoms with Crippen molar-refractivity contribution >= 4 is 16.7 Å². The normalized spacial score (nSPS) is 14.9. The number of methoxy groups -OCH3 is 1. The van der Waals surface area contributed by atoms with Crippen LogP contribution in [-0.2, 0) is 6.54 Å². The molecule has 0 spiro atoms. The molecule has 5 rings (SSSR count). The van der Waals surface area contributed by atoms with E-state index in [1.807, 2.05) is 12.1 Å². The minimum atomic E-state index is 0.837. The van der Waals surface area contributed by atoms with Crippen LogP contribution >= 0.6 is 0 Å². The van der Waals surface area contributed by atoms with Gasteiger partial charge in [0.2, 0.25) is 0 Å². The van der Waals surface area contributed by atoms with Crippen LogP contribution in [-0.4, -0.2) is 47.7 Å². The van der Waals surface area contributed by atoms with Crippen molar-refractivity contribution in [2.45, 2.75) is 6.54 Å². The van der Waals surface area contributed by atoms with E-state index in [0.717, 1.165) is 61.0 Å². The number of fused-ring (bicyclic) bond motifs is 1. The topological polar surface area (TPSA) is 33.5 Å². The zero-order valence-corrected chi connectivity index (χ0v) is 17.2. The maximum Gasteiger partial charge on any atom is 0.128 e. The third kappa shape index (κ3) is 3.64. The van der Waals surface area contributed by atoms with E-state index in [1.54, 1.807) is 7.11 Å². The van der Waals surface area contributed by atoms with E-state index in [-0.39, 0.29) is 0 Å². The highest BCUT2D eigenvalue weighted by atomic mass is 16.5. The standard InChI is InChI=1S/C25H26N4O/c1-30-22-13-11-21(12-14-22)29-24-10-6-5-9-23(24)26-25(29)19-27-15-17-28(18-16-27)20-7-3-2-4-8-20/h2-14H,15-19H2,1H3. The molecule has 1 aliphatic rings. The van der Waals surface area contributed by atoms with E-state index in [9.17, 15) is 0 Å². The highest BCUT2D eigenvalue weighted by Gasteiger charge is 2.20. The summed E-state index contributed by atoms with van der Waals surface area (Å²) in [5.41, 5.74) is 4.59. The fraction of sp³-hybridized carbons (Fsp3) is 0.240. The number of hydrogen-bond donors (Lipinski definition) is 0. The van der Waals surface area contributed by atoms with Crippen LogP contribution in [0, 0.1) is 0 Å². The van der Waals surface area contributed by atoms with Crippen LogP contribution in [0.25, 0.3) is 16.7 Å². The molecule has 5 nitrogen and oxygen atoms in total. The third-order valence-corrected chi connectivity index (χ3v) is 5.82. The minimum absolute atomic E-state index is 0.837. The van der Waals surface area contributed by atoms with Crippen molar-refractivity contribution in [2.24, 2.45) is 0 Å². The van der Waals surface area contributed by atoms with Crippen LogP contribution in [0.2, 0.25) is 0 Å². The van der Waals surface area contributed by atoms with Crippen molar-refractivity contribution in [3.05, 3.63) is 84.7 Å². The quantitative estimate of drug-likeness (QED) is 0.500. The molecule has 5 heteroatoms. The number of hydrogen-bond acceptors (Lipinski definition) is 4. The van der Waals surface area contributed by atoms with Crippen molar-refractivity contribution in [1.29, 1.82) is 0 Å². The molecular formula is C25H26N4O. The number of aromatic nitrogens is 2. The summed E-state index contributed by atoms with van der Waals surface area (Å²) in [6.45, 7) is 4.96. The monoisotopic (exact) mass is 398 g/mol. The fourth-order valence-corrected chi connectivity index (χ4v) is 4.20. The highest BCUT2D eigenvalue weighted by molar-refractivity contribution is 5.78. The average Bonchev–Trinajstić information content (AvgIpc) is 3.18. The molecule has 30 heavy (non-hydrogen) atoms. The lowest BCUT2D eigenvalue weighted by atomic mass is 10.2. The largest absolute Gasteiger partial charge is 0.497 e. The SMILES string of the molecule is COc1ccc(-n2c(CN3CCN(c4ccccc4)CC3)nc3ccccc32)cc1. The number of ether oxygens (including phenoxy) is 1. The molecule has 152 valence electrons. The van der Waals surface area contributed by atoms with Gasteiger partial charge in [-0.1, -0.05) is 30.3 Å². The Morgan fingerprint density at radius 3 is 2.20 bits per heavy atom. The Hall–Kier alpha value is -3.31. The van der Waals surface area contributed by atoms with Gasteiger partial charge in [0.25, 0.3) is 0 Å². The Kier molecular flexibility index (Phi) is 5.11. The molecule has 0 unspecified atom stereocenters. The van der Waals surface area contributed by atoms with Crippen LogP contribution < -0.4 is 9.64 Å². The Morgan fingerprint density at radius 1 is 0.767 bits per heavy atom. The molecule has 3 aromatic carbocycles. The number of benzene rings is 3. The molecule has 0 aliphatic carbocycles. The molecule has 4 aromatic rings. The molecular weight excluding hydrogens is 372 g/mol. The van der Waals surface area contributed by atoms with Gasteiger partial charge >= 0.3 is 0 Å². The molecule has 0 amide bonds. The Balaban J connectivity index is 1.39. The van der Waals surface area contributed by atoms with Gasteiger partial charge in [0.1, 0.15) is 11.6 Å². The lowest BCUT2D eigenvalue weighted by molar-refractivity contribution is 0.243. The molecule has 1 aromatic heterocycles. The van der Waals surface area contributed by atoms with E-state index in [2.05, 4.69) is 81.1 Å². The van der Waals surface area contributed by atoms with Crippen LogP contribution in [0.15, 0.2) is 78.9 Å². The van der Waals surface area contributed by atoms with Crippen LogP contribution in [0.5, 0.6) is 5.75 Å². The number of rotatable bonds is 5. The van der Waals surface area contributed by atoms with Gasteiger partial charge in [0.15, 0.2) is 0 Å². The molecule has 0 bridgehead atoms. The zero-order chi connectivity index (χ0) is 20.3. The summed E-state index contributed by atoms with van der Waals surface area (Å²) in [5.74, 6) is 1.94. The first kappa shape index (κ1) is 18.7. The summed E-state index contributed by atoms with van der Waals surface area (Å²) in [5, 5.41) is 0. The third-order valence-electron chi connectivity index (χ3n) is 5.82.